The van der Waals surface area contributed by atoms with E-state index in [4.69, 9.17) is 54.7 Å². The number of aliphatic hydroxyl groups excluding tert-OH is 5. The van der Waals surface area contributed by atoms with E-state index in [1.165, 1.54) is 0 Å². The van der Waals surface area contributed by atoms with Crippen LogP contribution in [0.4, 0.5) is 4.79 Å². The summed E-state index contributed by atoms with van der Waals surface area (Å²) in [5, 5.41) is 50.7. The normalized spacial score (nSPS) is 15.3. The summed E-state index contributed by atoms with van der Waals surface area (Å²) in [5.74, 6) is 0. The van der Waals surface area contributed by atoms with Crippen LogP contribution in [0.15, 0.2) is 0 Å². The van der Waals surface area contributed by atoms with E-state index in [1.54, 1.807) is 0 Å². The second-order valence-corrected chi connectivity index (χ2v) is 4.24. The maximum atomic E-state index is 9.90. The monoisotopic (exact) mass is 355 g/mol. The summed E-state index contributed by atoms with van der Waals surface area (Å²) in [5.41, 5.74) is 4.03. The Labute approximate surface area is 125 Å². The molecule has 0 aromatic carbocycles. The third-order valence-electron chi connectivity index (χ3n) is 1.42. The second kappa shape index (κ2) is 14.8. The molecule has 4 atom stereocenters. The number of hydrogen-bond donors (Lipinski definition) is 10. The van der Waals surface area contributed by atoms with E-state index in [0.29, 0.717) is 0 Å². The lowest BCUT2D eigenvalue weighted by Crippen LogP contribution is -2.46. The van der Waals surface area contributed by atoms with Crippen molar-refractivity contribution in [3.8, 4) is 0 Å². The van der Waals surface area contributed by atoms with Gasteiger partial charge in [0, 0.05) is 0 Å². The Morgan fingerprint density at radius 3 is 1.55 bits per heavy atom. The maximum Gasteiger partial charge on any atom is 0.466 e. The Hall–Kier alpha value is -1.15. The molecule has 1 amide bonds. The van der Waals surface area contributed by atoms with Gasteiger partial charge in [-0.1, -0.05) is 7.43 Å². The fourth-order valence-corrected chi connectivity index (χ4v) is 0.618. The van der Waals surface area contributed by atoms with Gasteiger partial charge in [-0.2, -0.15) is 0 Å². The van der Waals surface area contributed by atoms with Crippen LogP contribution in [0.25, 0.3) is 0 Å². The van der Waals surface area contributed by atoms with Crippen molar-refractivity contribution in [2.24, 2.45) is 5.73 Å². The molecule has 0 aromatic rings. The Morgan fingerprint density at radius 1 is 1.09 bits per heavy atom. The van der Waals surface area contributed by atoms with Gasteiger partial charge in [-0.15, -0.1) is 0 Å². The molecule has 136 valence electrons. The van der Waals surface area contributed by atoms with Crippen LogP contribution in [0.3, 0.4) is 0 Å². The lowest BCUT2D eigenvalue weighted by atomic mass is 10.0. The first kappa shape index (κ1) is 28.9. The SMILES string of the molecule is C.NC(=O)O.O=CC(O)C(O)C(O)C(O)CO.O=P(O)(O)O. The molecule has 0 aliphatic heterocycles. The van der Waals surface area contributed by atoms with Gasteiger partial charge in [0.15, 0.2) is 6.29 Å². The van der Waals surface area contributed by atoms with Crippen molar-refractivity contribution in [2.45, 2.75) is 31.8 Å². The third-order valence-corrected chi connectivity index (χ3v) is 1.42. The Morgan fingerprint density at radius 2 is 1.36 bits per heavy atom. The first-order valence-electron chi connectivity index (χ1n) is 4.83. The second-order valence-electron chi connectivity index (χ2n) is 3.21. The Balaban J connectivity index is -0.000000135. The number of hydrogen-bond acceptors (Lipinski definition) is 8. The summed E-state index contributed by atoms with van der Waals surface area (Å²) in [6.45, 7) is -0.760. The molecular formula is C8H22NO12P. The highest BCUT2D eigenvalue weighted by molar-refractivity contribution is 7.45. The molecule has 0 saturated carbocycles. The van der Waals surface area contributed by atoms with Crippen molar-refractivity contribution in [1.82, 2.24) is 0 Å². The number of aldehydes is 1. The van der Waals surface area contributed by atoms with Crippen molar-refractivity contribution in [2.75, 3.05) is 6.61 Å². The van der Waals surface area contributed by atoms with E-state index in [9.17, 15) is 4.79 Å². The lowest BCUT2D eigenvalue weighted by Gasteiger charge is -2.22. The topological polar surface area (TPSA) is 259 Å². The molecule has 22 heavy (non-hydrogen) atoms. The van der Waals surface area contributed by atoms with Gasteiger partial charge in [-0.05, 0) is 0 Å². The number of rotatable bonds is 5. The lowest BCUT2D eigenvalue weighted by molar-refractivity contribution is -0.136. The van der Waals surface area contributed by atoms with E-state index in [-0.39, 0.29) is 13.7 Å². The van der Waals surface area contributed by atoms with Gasteiger partial charge in [-0.3, -0.25) is 0 Å². The smallest absolute Gasteiger partial charge is 0.465 e. The largest absolute Gasteiger partial charge is 0.466 e. The van der Waals surface area contributed by atoms with E-state index >= 15 is 0 Å². The number of aliphatic hydroxyl groups is 5. The van der Waals surface area contributed by atoms with E-state index in [1.807, 2.05) is 0 Å². The first-order valence-corrected chi connectivity index (χ1v) is 6.39. The zero-order chi connectivity index (χ0) is 17.8. The molecule has 0 heterocycles. The summed E-state index contributed by atoms with van der Waals surface area (Å²) in [6.07, 6.45) is -8.17. The molecule has 4 unspecified atom stereocenters. The fraction of sp³-hybridized carbons (Fsp3) is 0.750. The molecule has 0 spiro atoms. The molecular weight excluding hydrogens is 333 g/mol. The number of nitrogens with two attached hydrogens (primary N) is 1. The number of carboxylic acid groups (broad SMARTS) is 1. The third kappa shape index (κ3) is 27.2. The van der Waals surface area contributed by atoms with Crippen molar-refractivity contribution >= 4 is 20.2 Å². The Kier molecular flexibility index (Phi) is 19.4. The summed E-state index contributed by atoms with van der Waals surface area (Å²) in [7, 11) is -4.64. The minimum absolute atomic E-state index is 0. The van der Waals surface area contributed by atoms with E-state index < -0.39 is 44.9 Å². The predicted octanol–water partition coefficient (Wildman–Crippen LogP) is -4.05. The predicted molar refractivity (Wildman–Crippen MR) is 70.4 cm³/mol. The van der Waals surface area contributed by atoms with Gasteiger partial charge in [0.1, 0.15) is 24.4 Å². The van der Waals surface area contributed by atoms with Crippen molar-refractivity contribution in [1.29, 1.82) is 0 Å². The molecule has 0 rings (SSSR count). The Bertz CT molecular complexity index is 321. The van der Waals surface area contributed by atoms with Crippen molar-refractivity contribution in [3.63, 3.8) is 0 Å². The van der Waals surface area contributed by atoms with Crippen molar-refractivity contribution < 1.29 is 59.5 Å². The zero-order valence-electron chi connectivity index (χ0n) is 10.4. The summed E-state index contributed by atoms with van der Waals surface area (Å²) >= 11 is 0. The number of carbonyl (C=O) groups excluding carboxylic acids is 1. The summed E-state index contributed by atoms with van der Waals surface area (Å²) in [4.78, 5) is 40.2. The average molecular weight is 355 g/mol. The van der Waals surface area contributed by atoms with Crippen LogP contribution in [0.5, 0.6) is 0 Å². The molecule has 0 saturated heterocycles. The summed E-state index contributed by atoms with van der Waals surface area (Å²) in [6, 6.07) is 0. The maximum absolute atomic E-state index is 9.90. The zero-order valence-corrected chi connectivity index (χ0v) is 11.3. The van der Waals surface area contributed by atoms with Gasteiger partial charge < -0.3 is 55.8 Å². The van der Waals surface area contributed by atoms with Crippen LogP contribution in [-0.2, 0) is 9.36 Å². The number of carbonyl (C=O) groups is 2. The van der Waals surface area contributed by atoms with Crippen molar-refractivity contribution in [3.05, 3.63) is 0 Å². The van der Waals surface area contributed by atoms with E-state index in [0.717, 1.165) is 0 Å². The highest BCUT2D eigenvalue weighted by Gasteiger charge is 2.29. The van der Waals surface area contributed by atoms with Gasteiger partial charge in [0.05, 0.1) is 6.61 Å². The summed E-state index contributed by atoms with van der Waals surface area (Å²) < 4.78 is 8.88. The molecule has 13 nitrogen and oxygen atoms in total. The number of primary amides is 1. The highest BCUT2D eigenvalue weighted by Crippen LogP contribution is 2.25. The van der Waals surface area contributed by atoms with Crippen LogP contribution in [0.1, 0.15) is 7.43 Å². The van der Waals surface area contributed by atoms with Gasteiger partial charge in [0.25, 0.3) is 0 Å². The average Bonchev–Trinajstić information content (AvgIpc) is 2.32. The fourth-order valence-electron chi connectivity index (χ4n) is 0.618. The van der Waals surface area contributed by atoms with E-state index in [2.05, 4.69) is 5.73 Å². The molecule has 0 radical (unpaired) electrons. The molecule has 14 heteroatoms. The van der Waals surface area contributed by atoms with Gasteiger partial charge in [-0.25, -0.2) is 9.36 Å². The molecule has 0 aliphatic carbocycles. The molecule has 0 fully saturated rings. The molecule has 11 N–H and O–H groups in total. The molecule has 0 aliphatic rings. The van der Waals surface area contributed by atoms with Crippen LogP contribution >= 0.6 is 7.82 Å². The quantitative estimate of drug-likeness (QED) is 0.167. The first-order chi connectivity index (χ1) is 9.27. The minimum atomic E-state index is -4.64. The van der Waals surface area contributed by atoms with Crippen LogP contribution in [0, 0.1) is 0 Å². The van der Waals surface area contributed by atoms with Gasteiger partial charge in [0.2, 0.25) is 0 Å². The minimum Gasteiger partial charge on any atom is -0.465 e. The standard InChI is InChI=1S/C6H12O6.CH3NO2.CH4.H3O4P/c7-1-3(9)5(11)6(12)4(10)2-8;2-1(3)4;;1-5(2,3)4/h1,3-6,8-12H,2H2;2H2,(H,3,4);1H4;(H3,1,2,3,4). The number of amides is 1. The van der Waals surface area contributed by atoms with Crippen LogP contribution in [0.2, 0.25) is 0 Å². The van der Waals surface area contributed by atoms with Gasteiger partial charge >= 0.3 is 13.9 Å². The molecule has 0 bridgehead atoms. The highest BCUT2D eigenvalue weighted by atomic mass is 31.2. The van der Waals surface area contributed by atoms with Crippen LogP contribution < -0.4 is 5.73 Å². The van der Waals surface area contributed by atoms with Crippen LogP contribution in [-0.4, -0.2) is 88.7 Å². The number of phosphoric acid groups is 1. The molecule has 0 aromatic heterocycles.